The molecule has 1 unspecified atom stereocenters. The molecular weight excluding hydrogens is 256 g/mol. The summed E-state index contributed by atoms with van der Waals surface area (Å²) in [4.78, 5) is 8.95. The lowest BCUT2D eigenvalue weighted by atomic mass is 10.2. The van der Waals surface area contributed by atoms with Crippen LogP contribution in [0.5, 0.6) is 0 Å². The molecule has 5 heteroatoms. The van der Waals surface area contributed by atoms with E-state index in [1.54, 1.807) is 11.3 Å². The van der Waals surface area contributed by atoms with Crippen molar-refractivity contribution >= 4 is 17.3 Å². The van der Waals surface area contributed by atoms with E-state index in [0.717, 1.165) is 17.4 Å². The van der Waals surface area contributed by atoms with Crippen molar-refractivity contribution in [2.45, 2.75) is 51.1 Å². The maximum atomic E-state index is 4.49. The maximum Gasteiger partial charge on any atom is 0.203 e. The number of aromatic nitrogens is 3. The highest BCUT2D eigenvalue weighted by atomic mass is 32.1. The first-order valence-electron chi connectivity index (χ1n) is 7.07. The summed E-state index contributed by atoms with van der Waals surface area (Å²) < 4.78 is 2.23. The largest absolute Gasteiger partial charge is 0.353 e. The maximum absolute atomic E-state index is 4.49. The van der Waals surface area contributed by atoms with Crippen molar-refractivity contribution in [3.63, 3.8) is 0 Å². The Kier molecular flexibility index (Phi) is 3.82. The Labute approximate surface area is 117 Å². The highest BCUT2D eigenvalue weighted by molar-refractivity contribution is 7.09. The molecule has 2 aromatic rings. The van der Waals surface area contributed by atoms with Crippen LogP contribution in [0.4, 0.5) is 5.95 Å². The Morgan fingerprint density at radius 3 is 2.89 bits per heavy atom. The van der Waals surface area contributed by atoms with E-state index in [4.69, 9.17) is 0 Å². The monoisotopic (exact) mass is 276 g/mol. The van der Waals surface area contributed by atoms with Crippen molar-refractivity contribution in [3.05, 3.63) is 29.0 Å². The minimum atomic E-state index is 0.298. The van der Waals surface area contributed by atoms with Crippen molar-refractivity contribution in [1.29, 1.82) is 0 Å². The Morgan fingerprint density at radius 2 is 2.21 bits per heavy atom. The number of hydrogen-bond donors (Lipinski definition) is 1. The Balaban J connectivity index is 1.81. The van der Waals surface area contributed by atoms with E-state index in [9.17, 15) is 0 Å². The molecule has 0 radical (unpaired) electrons. The SMILES string of the molecule is CCC(c1nccs1)n1ccnc1NC1CCCC1. The zero-order valence-electron chi connectivity index (χ0n) is 11.2. The first-order valence-corrected chi connectivity index (χ1v) is 7.95. The van der Waals surface area contributed by atoms with Crippen LogP contribution in [-0.2, 0) is 0 Å². The average molecular weight is 276 g/mol. The molecule has 1 atom stereocenters. The normalized spacial score (nSPS) is 17.7. The van der Waals surface area contributed by atoms with Crippen molar-refractivity contribution in [3.8, 4) is 0 Å². The van der Waals surface area contributed by atoms with Crippen LogP contribution >= 0.6 is 11.3 Å². The fourth-order valence-corrected chi connectivity index (χ4v) is 3.64. The zero-order chi connectivity index (χ0) is 13.1. The van der Waals surface area contributed by atoms with Crippen LogP contribution in [0.25, 0.3) is 0 Å². The fourth-order valence-electron chi connectivity index (χ4n) is 2.82. The van der Waals surface area contributed by atoms with Gasteiger partial charge in [-0.15, -0.1) is 11.3 Å². The summed E-state index contributed by atoms with van der Waals surface area (Å²) >= 11 is 1.72. The summed E-state index contributed by atoms with van der Waals surface area (Å²) in [6.07, 6.45) is 12.1. The van der Waals surface area contributed by atoms with Crippen molar-refractivity contribution in [2.75, 3.05) is 5.32 Å². The van der Waals surface area contributed by atoms with Gasteiger partial charge in [-0.1, -0.05) is 19.8 Å². The first-order chi connectivity index (χ1) is 9.38. The average Bonchev–Trinajstić information content (AvgIpc) is 3.14. The van der Waals surface area contributed by atoms with Crippen LogP contribution in [0.3, 0.4) is 0 Å². The van der Waals surface area contributed by atoms with E-state index in [0.29, 0.717) is 12.1 Å². The molecule has 0 spiro atoms. The lowest BCUT2D eigenvalue weighted by molar-refractivity contribution is 0.562. The fraction of sp³-hybridized carbons (Fsp3) is 0.571. The Morgan fingerprint density at radius 1 is 1.37 bits per heavy atom. The number of thiazole rings is 1. The van der Waals surface area contributed by atoms with Crippen LogP contribution < -0.4 is 5.32 Å². The zero-order valence-corrected chi connectivity index (χ0v) is 12.1. The third kappa shape index (κ3) is 2.66. The van der Waals surface area contributed by atoms with Crippen LogP contribution in [-0.4, -0.2) is 20.6 Å². The second kappa shape index (κ2) is 5.74. The number of anilines is 1. The lowest BCUT2D eigenvalue weighted by Gasteiger charge is -2.20. The molecule has 102 valence electrons. The summed E-state index contributed by atoms with van der Waals surface area (Å²) in [5, 5.41) is 6.80. The minimum Gasteiger partial charge on any atom is -0.353 e. The minimum absolute atomic E-state index is 0.298. The number of rotatable bonds is 5. The molecule has 19 heavy (non-hydrogen) atoms. The van der Waals surface area contributed by atoms with Gasteiger partial charge in [0, 0.05) is 30.0 Å². The molecule has 1 aliphatic rings. The van der Waals surface area contributed by atoms with E-state index < -0.39 is 0 Å². The second-order valence-corrected chi connectivity index (χ2v) is 6.00. The number of nitrogens with zero attached hydrogens (tertiary/aromatic N) is 3. The number of imidazole rings is 1. The lowest BCUT2D eigenvalue weighted by Crippen LogP contribution is -2.20. The molecule has 1 fully saturated rings. The molecule has 1 aliphatic carbocycles. The highest BCUT2D eigenvalue weighted by Gasteiger charge is 2.20. The van der Waals surface area contributed by atoms with Gasteiger partial charge < -0.3 is 9.88 Å². The van der Waals surface area contributed by atoms with E-state index in [1.807, 2.05) is 17.8 Å². The van der Waals surface area contributed by atoms with E-state index in [-0.39, 0.29) is 0 Å². The molecule has 0 bridgehead atoms. The molecule has 2 heterocycles. The highest BCUT2D eigenvalue weighted by Crippen LogP contribution is 2.28. The van der Waals surface area contributed by atoms with Crippen LogP contribution in [0.2, 0.25) is 0 Å². The molecule has 1 N–H and O–H groups in total. The van der Waals surface area contributed by atoms with Gasteiger partial charge in [0.1, 0.15) is 5.01 Å². The summed E-state index contributed by atoms with van der Waals surface area (Å²) in [5.41, 5.74) is 0. The summed E-state index contributed by atoms with van der Waals surface area (Å²) in [6.45, 7) is 2.20. The van der Waals surface area contributed by atoms with Gasteiger partial charge in [-0.05, 0) is 19.3 Å². The van der Waals surface area contributed by atoms with Gasteiger partial charge in [-0.2, -0.15) is 0 Å². The summed E-state index contributed by atoms with van der Waals surface area (Å²) in [7, 11) is 0. The van der Waals surface area contributed by atoms with Crippen molar-refractivity contribution in [1.82, 2.24) is 14.5 Å². The van der Waals surface area contributed by atoms with Gasteiger partial charge in [-0.3, -0.25) is 0 Å². The van der Waals surface area contributed by atoms with E-state index in [1.165, 1.54) is 25.7 Å². The molecule has 2 aromatic heterocycles. The van der Waals surface area contributed by atoms with Crippen molar-refractivity contribution < 1.29 is 0 Å². The van der Waals surface area contributed by atoms with Crippen LogP contribution in [0, 0.1) is 0 Å². The molecule has 0 saturated heterocycles. The van der Waals surface area contributed by atoms with E-state index >= 15 is 0 Å². The quantitative estimate of drug-likeness (QED) is 0.905. The molecule has 3 rings (SSSR count). The van der Waals surface area contributed by atoms with Gasteiger partial charge in [-0.25, -0.2) is 9.97 Å². The topological polar surface area (TPSA) is 42.7 Å². The molecule has 4 nitrogen and oxygen atoms in total. The van der Waals surface area contributed by atoms with Crippen LogP contribution in [0.1, 0.15) is 50.1 Å². The molecule has 0 aliphatic heterocycles. The van der Waals surface area contributed by atoms with Gasteiger partial charge in [0.25, 0.3) is 0 Å². The molecular formula is C14H20N4S. The molecule has 1 saturated carbocycles. The summed E-state index contributed by atoms with van der Waals surface area (Å²) in [5.74, 6) is 0.994. The third-order valence-electron chi connectivity index (χ3n) is 3.82. The smallest absolute Gasteiger partial charge is 0.203 e. The predicted octanol–water partition coefficient (Wildman–Crippen LogP) is 3.69. The number of hydrogen-bond acceptors (Lipinski definition) is 4. The third-order valence-corrected chi connectivity index (χ3v) is 4.69. The Hall–Kier alpha value is -1.36. The Bertz CT molecular complexity index is 499. The number of nitrogens with one attached hydrogen (secondary N) is 1. The van der Waals surface area contributed by atoms with Gasteiger partial charge in [0.05, 0.1) is 6.04 Å². The predicted molar refractivity (Wildman–Crippen MR) is 78.6 cm³/mol. The first kappa shape index (κ1) is 12.7. The summed E-state index contributed by atoms with van der Waals surface area (Å²) in [6, 6.07) is 0.890. The molecule has 0 amide bonds. The molecule has 0 aromatic carbocycles. The van der Waals surface area contributed by atoms with Gasteiger partial charge in [0.2, 0.25) is 5.95 Å². The second-order valence-electron chi connectivity index (χ2n) is 5.08. The van der Waals surface area contributed by atoms with E-state index in [2.05, 4.69) is 33.0 Å². The van der Waals surface area contributed by atoms with Crippen LogP contribution in [0.15, 0.2) is 24.0 Å². The standard InChI is InChI=1S/C14H20N4S/c1-2-12(13-15-8-10-19-13)18-9-7-16-14(18)17-11-5-3-4-6-11/h7-12H,2-6H2,1H3,(H,16,17). The van der Waals surface area contributed by atoms with Gasteiger partial charge >= 0.3 is 0 Å². The van der Waals surface area contributed by atoms with Crippen molar-refractivity contribution in [2.24, 2.45) is 0 Å². The van der Waals surface area contributed by atoms with Gasteiger partial charge in [0.15, 0.2) is 0 Å².